The number of carbonyl (C=O) groups is 3. The Morgan fingerprint density at radius 3 is 2.39 bits per heavy atom. The lowest BCUT2D eigenvalue weighted by Crippen LogP contribution is -2.52. The highest BCUT2D eigenvalue weighted by Gasteiger charge is 2.56. The molecule has 36 heavy (non-hydrogen) atoms. The molecule has 0 unspecified atom stereocenters. The van der Waals surface area contributed by atoms with E-state index in [4.69, 9.17) is 4.74 Å². The fourth-order valence-electron chi connectivity index (χ4n) is 6.14. The second kappa shape index (κ2) is 10.5. The van der Waals surface area contributed by atoms with E-state index in [0.717, 1.165) is 51.3 Å². The predicted molar refractivity (Wildman–Crippen MR) is 138 cm³/mol. The average Bonchev–Trinajstić information content (AvgIpc) is 3.55. The van der Waals surface area contributed by atoms with Crippen LogP contribution in [0.1, 0.15) is 50.4 Å². The van der Waals surface area contributed by atoms with E-state index in [9.17, 15) is 14.4 Å². The molecule has 5 rings (SSSR count). The summed E-state index contributed by atoms with van der Waals surface area (Å²) in [4.78, 5) is 46.1. The number of nitrogens with zero attached hydrogens (tertiary/aromatic N) is 3. The Hall–Kier alpha value is -2.45. The molecule has 3 aliphatic heterocycles. The number of benzene rings is 1. The van der Waals surface area contributed by atoms with Gasteiger partial charge in [0.2, 0.25) is 5.91 Å². The molecule has 8 heteroatoms. The summed E-state index contributed by atoms with van der Waals surface area (Å²) in [5, 5.41) is 3.01. The topological polar surface area (TPSA) is 82.2 Å². The highest BCUT2D eigenvalue weighted by molar-refractivity contribution is 5.99. The molecule has 1 N–H and O–H groups in total. The average molecular weight is 497 g/mol. The monoisotopic (exact) mass is 496 g/mol. The summed E-state index contributed by atoms with van der Waals surface area (Å²) >= 11 is 0. The summed E-state index contributed by atoms with van der Waals surface area (Å²) in [6.07, 6.45) is 2.63. The molecule has 1 aliphatic carbocycles. The number of Topliss-reactive ketones (excluding diaryl/α,β-unsaturated/α-hetero) is 1. The van der Waals surface area contributed by atoms with Crippen molar-refractivity contribution in [1.29, 1.82) is 0 Å². The highest BCUT2D eigenvalue weighted by Crippen LogP contribution is 2.46. The molecule has 3 saturated heterocycles. The SMILES string of the molecule is CCN1CCN(c2ccc(C(=O)N[C@@H](CC(C)C)C(=O)N3C[C@H](C4CC4)[C@H]4OCC(=O)[C@H]43)cc2)CC1. The van der Waals surface area contributed by atoms with Gasteiger partial charge in [-0.3, -0.25) is 14.4 Å². The minimum absolute atomic E-state index is 0.0125. The molecule has 1 aromatic carbocycles. The van der Waals surface area contributed by atoms with E-state index in [0.29, 0.717) is 24.4 Å². The third-order valence-corrected chi connectivity index (χ3v) is 8.36. The number of piperazine rings is 1. The molecule has 196 valence electrons. The van der Waals surface area contributed by atoms with Crippen LogP contribution in [0.2, 0.25) is 0 Å². The standard InChI is InChI=1S/C28H40N4O4/c1-4-30-11-13-31(14-12-30)21-9-7-20(8-10-21)27(34)29-23(15-18(2)3)28(35)32-16-22(19-5-6-19)26-25(32)24(33)17-36-26/h7-10,18-19,22-23,25-26H,4-6,11-17H2,1-3H3,(H,29,34)/t22-,23+,25-,26-/m1/s1. The van der Waals surface area contributed by atoms with Crippen LogP contribution < -0.4 is 10.2 Å². The number of likely N-dealkylation sites (N-methyl/N-ethyl adjacent to an activating group) is 1. The van der Waals surface area contributed by atoms with Gasteiger partial charge in [0.15, 0.2) is 5.78 Å². The van der Waals surface area contributed by atoms with Crippen LogP contribution in [-0.4, -0.2) is 91.5 Å². The molecule has 4 aliphatic rings. The number of nitrogens with one attached hydrogen (secondary N) is 1. The number of ether oxygens (including phenoxy) is 1. The molecule has 1 aromatic rings. The first-order valence-corrected chi connectivity index (χ1v) is 13.7. The van der Waals surface area contributed by atoms with Gasteiger partial charge >= 0.3 is 0 Å². The number of fused-ring (bicyclic) bond motifs is 1. The number of ketones is 1. The molecular weight excluding hydrogens is 456 g/mol. The molecule has 2 amide bonds. The van der Waals surface area contributed by atoms with Crippen molar-refractivity contribution in [2.75, 3.05) is 50.8 Å². The Bertz CT molecular complexity index is 968. The van der Waals surface area contributed by atoms with E-state index in [1.165, 1.54) is 0 Å². The maximum atomic E-state index is 13.7. The Balaban J connectivity index is 1.26. The number of carbonyl (C=O) groups excluding carboxylic acids is 3. The van der Waals surface area contributed by atoms with Gasteiger partial charge in [-0.25, -0.2) is 0 Å². The molecule has 0 radical (unpaired) electrons. The summed E-state index contributed by atoms with van der Waals surface area (Å²) in [5.41, 5.74) is 1.66. The lowest BCUT2D eigenvalue weighted by Gasteiger charge is -2.35. The summed E-state index contributed by atoms with van der Waals surface area (Å²) in [7, 11) is 0. The Morgan fingerprint density at radius 1 is 1.08 bits per heavy atom. The maximum absolute atomic E-state index is 13.7. The lowest BCUT2D eigenvalue weighted by molar-refractivity contribution is -0.138. The van der Waals surface area contributed by atoms with E-state index in [2.05, 4.69) is 22.0 Å². The van der Waals surface area contributed by atoms with Crippen molar-refractivity contribution in [3.8, 4) is 0 Å². The summed E-state index contributed by atoms with van der Waals surface area (Å²) in [6.45, 7) is 12.0. The lowest BCUT2D eigenvalue weighted by atomic mass is 9.97. The van der Waals surface area contributed by atoms with Crippen LogP contribution in [0.15, 0.2) is 24.3 Å². The molecule has 1 saturated carbocycles. The fourth-order valence-corrected chi connectivity index (χ4v) is 6.14. The molecule has 3 heterocycles. The first-order chi connectivity index (χ1) is 17.4. The summed E-state index contributed by atoms with van der Waals surface area (Å²) < 4.78 is 5.83. The second-order valence-corrected chi connectivity index (χ2v) is 11.3. The van der Waals surface area contributed by atoms with Crippen LogP contribution in [0.3, 0.4) is 0 Å². The number of amides is 2. The van der Waals surface area contributed by atoms with Crippen molar-refractivity contribution in [1.82, 2.24) is 15.1 Å². The number of rotatable bonds is 8. The van der Waals surface area contributed by atoms with Crippen molar-refractivity contribution >= 4 is 23.3 Å². The first-order valence-electron chi connectivity index (χ1n) is 13.7. The third-order valence-electron chi connectivity index (χ3n) is 8.36. The van der Waals surface area contributed by atoms with Gasteiger partial charge in [-0.15, -0.1) is 0 Å². The van der Waals surface area contributed by atoms with Gasteiger partial charge in [0, 0.05) is 49.9 Å². The number of anilines is 1. The van der Waals surface area contributed by atoms with E-state index in [1.807, 2.05) is 38.1 Å². The summed E-state index contributed by atoms with van der Waals surface area (Å²) in [5.74, 6) is 0.577. The minimum atomic E-state index is -0.661. The highest BCUT2D eigenvalue weighted by atomic mass is 16.5. The van der Waals surface area contributed by atoms with Gasteiger partial charge in [-0.2, -0.15) is 0 Å². The molecule has 8 nitrogen and oxygen atoms in total. The van der Waals surface area contributed by atoms with Gasteiger partial charge in [-0.1, -0.05) is 20.8 Å². The van der Waals surface area contributed by atoms with Crippen molar-refractivity contribution in [3.63, 3.8) is 0 Å². The smallest absolute Gasteiger partial charge is 0.251 e. The van der Waals surface area contributed by atoms with Gasteiger partial charge in [0.25, 0.3) is 5.91 Å². The van der Waals surface area contributed by atoms with Crippen LogP contribution in [0.4, 0.5) is 5.69 Å². The van der Waals surface area contributed by atoms with Crippen LogP contribution >= 0.6 is 0 Å². The van der Waals surface area contributed by atoms with Gasteiger partial charge < -0.3 is 24.8 Å². The zero-order chi connectivity index (χ0) is 25.4. The number of likely N-dealkylation sites (tertiary alicyclic amines) is 1. The van der Waals surface area contributed by atoms with Crippen LogP contribution in [0.25, 0.3) is 0 Å². The summed E-state index contributed by atoms with van der Waals surface area (Å²) in [6, 6.07) is 6.52. The van der Waals surface area contributed by atoms with E-state index < -0.39 is 12.1 Å². The molecule has 0 bridgehead atoms. The fraction of sp³-hybridized carbons (Fsp3) is 0.679. The second-order valence-electron chi connectivity index (χ2n) is 11.3. The molecule has 4 atom stereocenters. The van der Waals surface area contributed by atoms with Crippen molar-refractivity contribution in [2.45, 2.75) is 58.2 Å². The van der Waals surface area contributed by atoms with E-state index >= 15 is 0 Å². The maximum Gasteiger partial charge on any atom is 0.251 e. The van der Waals surface area contributed by atoms with Crippen molar-refractivity contribution in [2.24, 2.45) is 17.8 Å². The van der Waals surface area contributed by atoms with Crippen LogP contribution in [0.5, 0.6) is 0 Å². The quantitative estimate of drug-likeness (QED) is 0.594. The van der Waals surface area contributed by atoms with Gasteiger partial charge in [-0.05, 0) is 61.9 Å². The molecule has 0 spiro atoms. The predicted octanol–water partition coefficient (Wildman–Crippen LogP) is 2.18. The largest absolute Gasteiger partial charge is 0.369 e. The van der Waals surface area contributed by atoms with E-state index in [-0.39, 0.29) is 42.1 Å². The third kappa shape index (κ3) is 5.16. The Morgan fingerprint density at radius 2 is 1.78 bits per heavy atom. The van der Waals surface area contributed by atoms with Gasteiger partial charge in [0.1, 0.15) is 18.7 Å². The molecule has 0 aromatic heterocycles. The Kier molecular flexibility index (Phi) is 7.35. The number of hydrogen-bond acceptors (Lipinski definition) is 6. The van der Waals surface area contributed by atoms with Crippen molar-refractivity contribution in [3.05, 3.63) is 29.8 Å². The normalized spacial score (nSPS) is 27.4. The van der Waals surface area contributed by atoms with Gasteiger partial charge in [0.05, 0.1) is 6.10 Å². The number of hydrogen-bond donors (Lipinski definition) is 1. The molecule has 4 fully saturated rings. The molecular formula is C28H40N4O4. The zero-order valence-electron chi connectivity index (χ0n) is 21.8. The van der Waals surface area contributed by atoms with Crippen molar-refractivity contribution < 1.29 is 19.1 Å². The zero-order valence-corrected chi connectivity index (χ0v) is 21.8. The Labute approximate surface area is 214 Å². The minimum Gasteiger partial charge on any atom is -0.369 e. The van der Waals surface area contributed by atoms with Crippen LogP contribution in [-0.2, 0) is 14.3 Å². The van der Waals surface area contributed by atoms with Crippen LogP contribution in [0, 0.1) is 17.8 Å². The van der Waals surface area contributed by atoms with E-state index in [1.54, 1.807) is 4.90 Å². The first kappa shape index (κ1) is 25.2.